The standard InChI is InChI=1S/C2HCl2F3O2/c3-1(4,9-8)2(5,6)7/h8H. The summed E-state index contributed by atoms with van der Waals surface area (Å²) in [4.78, 5) is 2.71. The van der Waals surface area contributed by atoms with Crippen LogP contribution < -0.4 is 0 Å². The van der Waals surface area contributed by atoms with E-state index in [0.29, 0.717) is 0 Å². The molecule has 2 nitrogen and oxygen atoms in total. The van der Waals surface area contributed by atoms with E-state index in [2.05, 4.69) is 28.1 Å². The van der Waals surface area contributed by atoms with Gasteiger partial charge in [0.1, 0.15) is 0 Å². The molecule has 1 N–H and O–H groups in total. The highest BCUT2D eigenvalue weighted by atomic mass is 35.5. The zero-order valence-corrected chi connectivity index (χ0v) is 5.26. The van der Waals surface area contributed by atoms with Crippen molar-refractivity contribution in [2.75, 3.05) is 0 Å². The lowest BCUT2D eigenvalue weighted by molar-refractivity contribution is -0.341. The van der Waals surface area contributed by atoms with Crippen LogP contribution in [0.5, 0.6) is 0 Å². The van der Waals surface area contributed by atoms with E-state index in [9.17, 15) is 13.2 Å². The number of halogens is 5. The Labute approximate surface area is 58.0 Å². The smallest absolute Gasteiger partial charge is 0.248 e. The molecular formula is C2HCl2F3O2. The second-order valence-corrected chi connectivity index (χ2v) is 2.36. The van der Waals surface area contributed by atoms with Gasteiger partial charge < -0.3 is 0 Å². The SMILES string of the molecule is OOC(Cl)(Cl)C(F)(F)F. The molecule has 0 rings (SSSR count). The van der Waals surface area contributed by atoms with Crippen molar-refractivity contribution in [1.29, 1.82) is 0 Å². The summed E-state index contributed by atoms with van der Waals surface area (Å²) in [6.45, 7) is 0. The van der Waals surface area contributed by atoms with E-state index >= 15 is 0 Å². The van der Waals surface area contributed by atoms with E-state index in [0.717, 1.165) is 0 Å². The largest absolute Gasteiger partial charge is 0.450 e. The van der Waals surface area contributed by atoms with E-state index in [1.165, 1.54) is 0 Å². The Kier molecular flexibility index (Phi) is 2.57. The normalized spacial score (nSPS) is 14.0. The Bertz CT molecular complexity index is 100. The van der Waals surface area contributed by atoms with Crippen LogP contribution >= 0.6 is 23.2 Å². The first-order valence-electron chi connectivity index (χ1n) is 1.58. The third-order valence-electron chi connectivity index (χ3n) is 0.445. The van der Waals surface area contributed by atoms with Gasteiger partial charge in [-0.25, -0.2) is 5.26 Å². The highest BCUT2D eigenvalue weighted by molar-refractivity contribution is 6.47. The van der Waals surface area contributed by atoms with Crippen molar-refractivity contribution in [3.8, 4) is 0 Å². The third kappa shape index (κ3) is 2.17. The maximum absolute atomic E-state index is 11.3. The lowest BCUT2D eigenvalue weighted by Crippen LogP contribution is -2.35. The zero-order valence-electron chi connectivity index (χ0n) is 3.75. The molecule has 0 radical (unpaired) electrons. The van der Waals surface area contributed by atoms with Crippen molar-refractivity contribution in [3.05, 3.63) is 0 Å². The van der Waals surface area contributed by atoms with E-state index in [1.807, 2.05) is 0 Å². The molecule has 9 heavy (non-hydrogen) atoms. The molecule has 0 aromatic heterocycles. The minimum Gasteiger partial charge on any atom is -0.248 e. The lowest BCUT2D eigenvalue weighted by Gasteiger charge is -2.17. The molecule has 0 saturated carbocycles. The van der Waals surface area contributed by atoms with Gasteiger partial charge in [-0.15, -0.1) is 0 Å². The van der Waals surface area contributed by atoms with Crippen molar-refractivity contribution in [3.63, 3.8) is 0 Å². The predicted molar refractivity (Wildman–Crippen MR) is 24.2 cm³/mol. The molecule has 0 aromatic rings. The van der Waals surface area contributed by atoms with Crippen molar-refractivity contribution in [2.24, 2.45) is 0 Å². The fraction of sp³-hybridized carbons (Fsp3) is 1.00. The van der Waals surface area contributed by atoms with Crippen LogP contribution in [0.3, 0.4) is 0 Å². The minimum atomic E-state index is -5.00. The second-order valence-electron chi connectivity index (χ2n) is 1.11. The third-order valence-corrected chi connectivity index (χ3v) is 1.01. The Hall–Kier alpha value is 0.290. The van der Waals surface area contributed by atoms with Gasteiger partial charge in [0.05, 0.1) is 0 Å². The van der Waals surface area contributed by atoms with Crippen LogP contribution in [0, 0.1) is 0 Å². The molecule has 0 aliphatic carbocycles. The number of rotatable bonds is 1. The fourth-order valence-electron chi connectivity index (χ4n) is 0.0518. The van der Waals surface area contributed by atoms with E-state index in [-0.39, 0.29) is 0 Å². The molecule has 0 spiro atoms. The fourth-order valence-corrected chi connectivity index (χ4v) is 0.0518. The summed E-state index contributed by atoms with van der Waals surface area (Å²) in [6.07, 6.45) is -5.00. The van der Waals surface area contributed by atoms with Crippen molar-refractivity contribution >= 4 is 23.2 Å². The average molecular weight is 185 g/mol. The van der Waals surface area contributed by atoms with Crippen molar-refractivity contribution < 1.29 is 23.3 Å². The van der Waals surface area contributed by atoms with Crippen LogP contribution in [0.1, 0.15) is 0 Å². The molecule has 0 aromatic carbocycles. The van der Waals surface area contributed by atoms with Gasteiger partial charge in [-0.3, -0.25) is 0 Å². The predicted octanol–water partition coefficient (Wildman–Crippen LogP) is 2.17. The van der Waals surface area contributed by atoms with E-state index in [4.69, 9.17) is 5.26 Å². The minimum absolute atomic E-state index is 2.71. The second kappa shape index (κ2) is 2.49. The van der Waals surface area contributed by atoms with Crippen molar-refractivity contribution in [1.82, 2.24) is 0 Å². The quantitative estimate of drug-likeness (QED) is 0.385. The van der Waals surface area contributed by atoms with Gasteiger partial charge in [0.25, 0.3) is 0 Å². The maximum atomic E-state index is 11.3. The molecule has 0 fully saturated rings. The highest BCUT2D eigenvalue weighted by Crippen LogP contribution is 2.39. The zero-order chi connectivity index (χ0) is 7.71. The summed E-state index contributed by atoms with van der Waals surface area (Å²) >= 11 is 8.73. The van der Waals surface area contributed by atoms with Crippen LogP contribution in [0.4, 0.5) is 13.2 Å². The van der Waals surface area contributed by atoms with Crippen LogP contribution in [0.2, 0.25) is 0 Å². The number of hydrogen-bond donors (Lipinski definition) is 1. The monoisotopic (exact) mass is 184 g/mol. The lowest BCUT2D eigenvalue weighted by atomic mass is 10.7. The Morgan fingerprint density at radius 3 is 1.56 bits per heavy atom. The van der Waals surface area contributed by atoms with Crippen LogP contribution in [-0.2, 0) is 4.89 Å². The van der Waals surface area contributed by atoms with Gasteiger partial charge in [-0.1, -0.05) is 23.2 Å². The van der Waals surface area contributed by atoms with Gasteiger partial charge in [0.15, 0.2) is 0 Å². The number of hydrogen-bond acceptors (Lipinski definition) is 2. The Morgan fingerprint density at radius 2 is 1.56 bits per heavy atom. The number of alkyl halides is 5. The summed E-state index contributed by atoms with van der Waals surface area (Å²) in [5.41, 5.74) is 0. The first kappa shape index (κ1) is 9.29. The summed E-state index contributed by atoms with van der Waals surface area (Å²) in [6, 6.07) is 0. The topological polar surface area (TPSA) is 29.5 Å². The highest BCUT2D eigenvalue weighted by Gasteiger charge is 2.55. The van der Waals surface area contributed by atoms with Crippen molar-refractivity contribution in [2.45, 2.75) is 10.7 Å². The Morgan fingerprint density at radius 1 is 1.22 bits per heavy atom. The molecule has 56 valence electrons. The molecular weight excluding hydrogens is 184 g/mol. The van der Waals surface area contributed by atoms with Gasteiger partial charge in [0.2, 0.25) is 0 Å². The first-order valence-corrected chi connectivity index (χ1v) is 2.34. The van der Waals surface area contributed by atoms with Crippen LogP contribution in [0.25, 0.3) is 0 Å². The summed E-state index contributed by atoms with van der Waals surface area (Å²) in [5, 5.41) is 7.45. The summed E-state index contributed by atoms with van der Waals surface area (Å²) in [5.74, 6) is 0. The molecule has 0 aliphatic heterocycles. The Balaban J connectivity index is 4.14. The maximum Gasteiger partial charge on any atom is 0.450 e. The van der Waals surface area contributed by atoms with E-state index in [1.54, 1.807) is 0 Å². The molecule has 0 aliphatic rings. The molecule has 0 bridgehead atoms. The summed E-state index contributed by atoms with van der Waals surface area (Å²) < 4.78 is 30.3. The molecule has 0 saturated heterocycles. The first-order chi connectivity index (χ1) is 3.81. The molecule has 0 unspecified atom stereocenters. The van der Waals surface area contributed by atoms with Crippen LogP contribution in [0.15, 0.2) is 0 Å². The van der Waals surface area contributed by atoms with Gasteiger partial charge in [-0.05, 0) is 0 Å². The van der Waals surface area contributed by atoms with E-state index < -0.39 is 10.7 Å². The molecule has 7 heteroatoms. The molecule has 0 atom stereocenters. The molecule has 0 heterocycles. The molecule has 0 amide bonds. The van der Waals surface area contributed by atoms with Gasteiger partial charge in [-0.2, -0.15) is 18.1 Å². The average Bonchev–Trinajstić information content (AvgIpc) is 1.64. The van der Waals surface area contributed by atoms with Gasteiger partial charge >= 0.3 is 10.7 Å². The van der Waals surface area contributed by atoms with Gasteiger partial charge in [0, 0.05) is 0 Å². The van der Waals surface area contributed by atoms with Crippen LogP contribution in [-0.4, -0.2) is 16.0 Å². The summed E-state index contributed by atoms with van der Waals surface area (Å²) in [7, 11) is 0.